The van der Waals surface area contributed by atoms with E-state index in [4.69, 9.17) is 0 Å². The van der Waals surface area contributed by atoms with Gasteiger partial charge >= 0.3 is 361 Å². The Bertz CT molecular complexity index is 1710. The molecule has 1 fully saturated rings. The molecule has 0 radical (unpaired) electrons. The van der Waals surface area contributed by atoms with Gasteiger partial charge in [-0.1, -0.05) is 0 Å². The zero-order valence-corrected chi connectivity index (χ0v) is 50.2. The molecule has 0 nitrogen and oxygen atoms in total. The van der Waals surface area contributed by atoms with Crippen LogP contribution in [0.4, 0.5) is 0 Å². The van der Waals surface area contributed by atoms with Crippen molar-refractivity contribution in [3.8, 4) is 0 Å². The van der Waals surface area contributed by atoms with E-state index in [1.807, 2.05) is 16.6 Å². The van der Waals surface area contributed by atoms with Gasteiger partial charge in [0.25, 0.3) is 0 Å². The van der Waals surface area contributed by atoms with E-state index in [1.54, 1.807) is 12.6 Å². The molecule has 0 N–H and O–H groups in total. The Balaban J connectivity index is 2.26. The molecule has 3 aromatic rings. The summed E-state index contributed by atoms with van der Waals surface area (Å²) in [6, 6.07) is 15.9. The molecule has 0 amide bonds. The van der Waals surface area contributed by atoms with E-state index in [-0.39, 0.29) is 0 Å². The van der Waals surface area contributed by atoms with E-state index in [0.717, 1.165) is 15.5 Å². The van der Waals surface area contributed by atoms with E-state index in [2.05, 4.69) is 213 Å². The minimum atomic E-state index is -3.20. The molecule has 1 saturated heterocycles. The van der Waals surface area contributed by atoms with Crippen LogP contribution in [0.1, 0.15) is 65.6 Å². The molecule has 304 valence electrons. The average molecular weight is 987 g/mol. The van der Waals surface area contributed by atoms with Gasteiger partial charge in [-0.05, 0) is 0 Å². The summed E-state index contributed by atoms with van der Waals surface area (Å²) in [7, 11) is -4.58. The monoisotopic (exact) mass is 985 g/mol. The number of aryl methyl sites for hydroxylation is 6. The molecule has 0 spiro atoms. The summed E-state index contributed by atoms with van der Waals surface area (Å²) in [6.07, 6.45) is 0. The Morgan fingerprint density at radius 1 is 0.400 bits per heavy atom. The van der Waals surface area contributed by atoms with Crippen molar-refractivity contribution in [3.05, 3.63) is 86.5 Å². The van der Waals surface area contributed by atoms with Gasteiger partial charge in [0.2, 0.25) is 0 Å². The van der Waals surface area contributed by atoms with Crippen molar-refractivity contribution in [1.29, 1.82) is 0 Å². The van der Waals surface area contributed by atoms with Crippen molar-refractivity contribution < 1.29 is 0 Å². The molecule has 0 saturated carbocycles. The van der Waals surface area contributed by atoms with Crippen molar-refractivity contribution in [1.82, 2.24) is 0 Å². The van der Waals surface area contributed by atoms with Gasteiger partial charge in [0.1, 0.15) is 0 Å². The third-order valence-corrected chi connectivity index (χ3v) is 68.9. The molecule has 0 atom stereocenters. The van der Waals surface area contributed by atoms with Crippen LogP contribution in [0.3, 0.4) is 0 Å². The van der Waals surface area contributed by atoms with E-state index >= 15 is 0 Å². The third kappa shape index (κ3) is 10.0. The first-order valence-electron chi connectivity index (χ1n) is 21.1. The summed E-state index contributed by atoms with van der Waals surface area (Å²) in [4.78, 5) is 0. The van der Waals surface area contributed by atoms with Crippen LogP contribution in [-0.4, -0.2) is 69.7 Å². The normalized spacial score (nSPS) is 16.1. The van der Waals surface area contributed by atoms with Crippen LogP contribution in [0.15, 0.2) is 36.4 Å². The summed E-state index contributed by atoms with van der Waals surface area (Å²) in [5.41, 5.74) is 16.2. The molecule has 1 aliphatic rings. The van der Waals surface area contributed by atoms with Crippen molar-refractivity contribution >= 4 is 99.6 Å². The summed E-state index contributed by atoms with van der Waals surface area (Å²) < 4.78 is 3.50. The summed E-state index contributed by atoms with van der Waals surface area (Å²) in [5.74, 6) is 0. The van der Waals surface area contributed by atoms with E-state index in [0.29, 0.717) is 5.27 Å². The van der Waals surface area contributed by atoms with Crippen molar-refractivity contribution in [2.24, 2.45) is 0 Å². The Kier molecular flexibility index (Phi) is 14.1. The van der Waals surface area contributed by atoms with Crippen LogP contribution in [0.2, 0.25) is 118 Å². The molecule has 1 heterocycles. The minimum absolute atomic E-state index is 0.493. The van der Waals surface area contributed by atoms with Gasteiger partial charge in [-0.3, -0.25) is 0 Å². The summed E-state index contributed by atoms with van der Waals surface area (Å²) in [6.45, 7) is 63.1. The maximum atomic E-state index is 2.94. The molecule has 1 aliphatic heterocycles. The predicted octanol–water partition coefficient (Wildman–Crippen LogP) is 13.5. The summed E-state index contributed by atoms with van der Waals surface area (Å²) >= 11 is -3.20. The van der Waals surface area contributed by atoms with E-state index in [1.165, 1.54) is 33.4 Å². The molecule has 0 aliphatic carbocycles. The zero-order chi connectivity index (χ0) is 42.4. The number of hydrogen-bond acceptors (Lipinski definition) is 2. The van der Waals surface area contributed by atoms with Crippen LogP contribution in [0.25, 0.3) is 0 Å². The molecule has 10 heteroatoms. The fraction of sp³-hybridized carbons (Fsp3) is 0.600. The second-order valence-electron chi connectivity index (χ2n) is 24.2. The average Bonchev–Trinajstić information content (AvgIpc) is 2.85. The molecule has 0 unspecified atom stereocenters. The van der Waals surface area contributed by atoms with Gasteiger partial charge in [0.15, 0.2) is 0 Å². The first-order valence-corrected chi connectivity index (χ1v) is 53.1. The fourth-order valence-electron chi connectivity index (χ4n) is 12.4. The number of rotatable bonds is 12. The second kappa shape index (κ2) is 16.1. The topological polar surface area (TPSA) is 0 Å². The Labute approximate surface area is 357 Å². The third-order valence-electron chi connectivity index (χ3n) is 12.0. The molecule has 3 aromatic carbocycles. The van der Waals surface area contributed by atoms with Crippen LogP contribution >= 0.6 is 17.4 Å². The van der Waals surface area contributed by atoms with Gasteiger partial charge in [-0.15, -0.1) is 0 Å². The Hall–Kier alpha value is 0.544. The van der Waals surface area contributed by atoms with Crippen LogP contribution in [0.5, 0.6) is 0 Å². The zero-order valence-electron chi connectivity index (χ0n) is 40.0. The first kappa shape index (κ1) is 48.2. The van der Waals surface area contributed by atoms with Gasteiger partial charge in [-0.25, -0.2) is 0 Å². The Morgan fingerprint density at radius 3 is 0.891 bits per heavy atom. The van der Waals surface area contributed by atoms with Crippen LogP contribution < -0.4 is 12.5 Å². The molecular formula is C45H81BS2SbSi6+. The second-order valence-corrected chi connectivity index (χ2v) is 77.7. The van der Waals surface area contributed by atoms with Crippen molar-refractivity contribution in [2.45, 2.75) is 175 Å². The molecule has 4 rings (SSSR count). The number of benzene rings is 3. The standard InChI is InChI=1S/C27H59BS2Si6.2C9H11.Sb/c1-31(2,3)25(32(4,5)6)21-19-22(26(33(7,8)9)34(10,11)12)24(28(29)30)23(20-21)27(35(13,14)15)36(16,17)18;2*1-7-4-8(2)6-9(3)5-7;/h19-20,25-27H,1-18H3;2*4-5H,1-3H3;/q-2;;;+3. The molecule has 0 bridgehead atoms. The fourth-order valence-corrected chi connectivity index (χ4v) is 83.8. The van der Waals surface area contributed by atoms with E-state index < -0.39 is 64.4 Å². The van der Waals surface area contributed by atoms with Crippen LogP contribution in [-0.2, 0) is 0 Å². The Morgan fingerprint density at radius 2 is 0.655 bits per heavy atom. The van der Waals surface area contributed by atoms with Crippen LogP contribution in [0, 0.1) is 41.5 Å². The molecule has 55 heavy (non-hydrogen) atoms. The first-order chi connectivity index (χ1) is 24.5. The van der Waals surface area contributed by atoms with Gasteiger partial charge in [-0.2, -0.15) is 0 Å². The quantitative estimate of drug-likeness (QED) is 0.166. The molecule has 0 aromatic heterocycles. The maximum absolute atomic E-state index is 3.20. The molecular weight excluding hydrogens is 906 g/mol. The SMILES string of the molecule is Cc1cc(C)[c]([Sb+]2([c]3c(C)cc(C)cc3C)[S]B(c3c(C([Si](C)(C)C)[Si](C)(C)C)cc(C([Si](C)(C)C)[Si](C)(C)C)cc3C([Si](C)(C)C)[Si](C)(C)C)[S]2)c(C)c1. The predicted molar refractivity (Wildman–Crippen MR) is 282 cm³/mol. The van der Waals surface area contributed by atoms with E-state index in [9.17, 15) is 0 Å². The van der Waals surface area contributed by atoms with Gasteiger partial charge < -0.3 is 0 Å². The van der Waals surface area contributed by atoms with Gasteiger partial charge in [0.05, 0.1) is 0 Å². The van der Waals surface area contributed by atoms with Crippen molar-refractivity contribution in [2.75, 3.05) is 0 Å². The van der Waals surface area contributed by atoms with Gasteiger partial charge in [0, 0.05) is 0 Å². The summed E-state index contributed by atoms with van der Waals surface area (Å²) in [5, 5.41) is 2.68. The number of hydrogen-bond donors (Lipinski definition) is 0. The van der Waals surface area contributed by atoms with Crippen molar-refractivity contribution in [3.63, 3.8) is 0 Å².